The van der Waals surface area contributed by atoms with Crippen molar-refractivity contribution in [1.82, 2.24) is 10.2 Å². The Morgan fingerprint density at radius 3 is 2.69 bits per heavy atom. The van der Waals surface area contributed by atoms with Crippen molar-refractivity contribution < 1.29 is 0 Å². The summed E-state index contributed by atoms with van der Waals surface area (Å²) in [4.78, 5) is 0. The quantitative estimate of drug-likeness (QED) is 0.725. The maximum Gasteiger partial charge on any atom is 0.0522 e. The lowest BCUT2D eigenvalue weighted by atomic mass is 9.80. The van der Waals surface area contributed by atoms with Gasteiger partial charge in [0.2, 0.25) is 0 Å². The zero-order valence-corrected chi connectivity index (χ0v) is 7.87. The van der Waals surface area contributed by atoms with Crippen LogP contribution in [0.5, 0.6) is 0 Å². The minimum absolute atomic E-state index is 0.724. The average Bonchev–Trinajstić information content (AvgIpc) is 2.71. The van der Waals surface area contributed by atoms with Gasteiger partial charge in [0.1, 0.15) is 0 Å². The van der Waals surface area contributed by atoms with E-state index >= 15 is 0 Å². The van der Waals surface area contributed by atoms with E-state index in [0.717, 1.165) is 18.4 Å². The zero-order chi connectivity index (χ0) is 9.10. The molecule has 0 saturated heterocycles. The van der Waals surface area contributed by atoms with Crippen LogP contribution in [0.4, 0.5) is 0 Å². The summed E-state index contributed by atoms with van der Waals surface area (Å²) >= 11 is 0. The number of nitrogens with one attached hydrogen (secondary N) is 1. The molecule has 1 saturated carbocycles. The highest BCUT2D eigenvalue weighted by atomic mass is 15.1. The van der Waals surface area contributed by atoms with Crippen LogP contribution in [-0.2, 0) is 0 Å². The first kappa shape index (κ1) is 8.75. The number of aromatic amines is 1. The van der Waals surface area contributed by atoms with Gasteiger partial charge in [0, 0.05) is 6.20 Å². The Hall–Kier alpha value is -0.830. The lowest BCUT2D eigenvalue weighted by Crippen LogP contribution is -2.20. The van der Waals surface area contributed by atoms with Gasteiger partial charge in [-0.05, 0) is 49.6 Å². The fraction of sp³-hybridized carbons (Fsp3) is 0.700. The standard InChI is InChI=1S/C10H17N3/c11-5-8-1-3-9(4-2-8)10-6-12-13-7-10/h6-9H,1-5,11H2,(H,12,13). The Morgan fingerprint density at radius 1 is 1.38 bits per heavy atom. The predicted octanol–water partition coefficient (Wildman–Crippen LogP) is 1.64. The molecule has 1 aliphatic carbocycles. The van der Waals surface area contributed by atoms with Crippen molar-refractivity contribution in [3.8, 4) is 0 Å². The van der Waals surface area contributed by atoms with Crippen LogP contribution in [0, 0.1) is 5.92 Å². The molecule has 1 aromatic heterocycles. The fourth-order valence-electron chi connectivity index (χ4n) is 2.22. The molecule has 13 heavy (non-hydrogen) atoms. The van der Waals surface area contributed by atoms with Gasteiger partial charge in [0.05, 0.1) is 6.20 Å². The van der Waals surface area contributed by atoms with Gasteiger partial charge in [-0.1, -0.05) is 0 Å². The smallest absolute Gasteiger partial charge is 0.0522 e. The molecule has 1 aliphatic rings. The van der Waals surface area contributed by atoms with Crippen LogP contribution in [0.1, 0.15) is 37.2 Å². The first-order chi connectivity index (χ1) is 6.40. The molecule has 0 spiro atoms. The van der Waals surface area contributed by atoms with E-state index < -0.39 is 0 Å². The van der Waals surface area contributed by atoms with E-state index in [1.54, 1.807) is 0 Å². The van der Waals surface area contributed by atoms with E-state index in [9.17, 15) is 0 Å². The average molecular weight is 179 g/mol. The van der Waals surface area contributed by atoms with Gasteiger partial charge in [0.15, 0.2) is 0 Å². The summed E-state index contributed by atoms with van der Waals surface area (Å²) in [6, 6.07) is 0. The second-order valence-corrected chi connectivity index (χ2v) is 3.98. The second kappa shape index (κ2) is 3.92. The third-order valence-electron chi connectivity index (χ3n) is 3.17. The summed E-state index contributed by atoms with van der Waals surface area (Å²) in [6.07, 6.45) is 9.10. The largest absolute Gasteiger partial charge is 0.330 e. The highest BCUT2D eigenvalue weighted by Crippen LogP contribution is 2.34. The van der Waals surface area contributed by atoms with Crippen LogP contribution in [0.25, 0.3) is 0 Å². The van der Waals surface area contributed by atoms with Gasteiger partial charge in [0.25, 0.3) is 0 Å². The molecule has 1 fully saturated rings. The minimum Gasteiger partial charge on any atom is -0.330 e. The number of hydrogen-bond donors (Lipinski definition) is 2. The molecule has 0 atom stereocenters. The molecule has 1 heterocycles. The molecule has 0 unspecified atom stereocenters. The molecule has 3 N–H and O–H groups in total. The van der Waals surface area contributed by atoms with E-state index in [2.05, 4.69) is 10.2 Å². The lowest BCUT2D eigenvalue weighted by molar-refractivity contribution is 0.333. The van der Waals surface area contributed by atoms with Gasteiger partial charge < -0.3 is 5.73 Å². The van der Waals surface area contributed by atoms with Crippen LogP contribution in [0.3, 0.4) is 0 Å². The van der Waals surface area contributed by atoms with Crippen molar-refractivity contribution in [2.24, 2.45) is 11.7 Å². The first-order valence-corrected chi connectivity index (χ1v) is 5.09. The molecule has 0 bridgehead atoms. The number of nitrogens with zero attached hydrogens (tertiary/aromatic N) is 1. The summed E-state index contributed by atoms with van der Waals surface area (Å²) in [5.74, 6) is 1.49. The van der Waals surface area contributed by atoms with Crippen LogP contribution >= 0.6 is 0 Å². The van der Waals surface area contributed by atoms with Crippen molar-refractivity contribution in [2.75, 3.05) is 6.54 Å². The van der Waals surface area contributed by atoms with E-state index in [0.29, 0.717) is 0 Å². The Bertz CT molecular complexity index is 235. The third-order valence-corrected chi connectivity index (χ3v) is 3.17. The van der Waals surface area contributed by atoms with Crippen molar-refractivity contribution in [3.05, 3.63) is 18.0 Å². The van der Waals surface area contributed by atoms with E-state index in [1.807, 2.05) is 12.4 Å². The van der Waals surface area contributed by atoms with Crippen LogP contribution in [-0.4, -0.2) is 16.7 Å². The normalized spacial score (nSPS) is 29.0. The molecular weight excluding hydrogens is 162 g/mol. The number of H-pyrrole nitrogens is 1. The number of aromatic nitrogens is 2. The van der Waals surface area contributed by atoms with Gasteiger partial charge in [-0.25, -0.2) is 0 Å². The molecule has 0 aliphatic heterocycles. The topological polar surface area (TPSA) is 54.7 Å². The molecule has 1 aromatic rings. The zero-order valence-electron chi connectivity index (χ0n) is 7.87. The van der Waals surface area contributed by atoms with Crippen molar-refractivity contribution in [2.45, 2.75) is 31.6 Å². The Labute approximate surface area is 78.7 Å². The first-order valence-electron chi connectivity index (χ1n) is 5.09. The van der Waals surface area contributed by atoms with Crippen LogP contribution in [0.15, 0.2) is 12.4 Å². The Kier molecular flexibility index (Phi) is 2.64. The third kappa shape index (κ3) is 1.91. The maximum atomic E-state index is 5.65. The van der Waals surface area contributed by atoms with Gasteiger partial charge in [-0.15, -0.1) is 0 Å². The van der Waals surface area contributed by atoms with Crippen molar-refractivity contribution >= 4 is 0 Å². The van der Waals surface area contributed by atoms with Crippen molar-refractivity contribution in [3.63, 3.8) is 0 Å². The van der Waals surface area contributed by atoms with Gasteiger partial charge >= 0.3 is 0 Å². The summed E-state index contributed by atoms with van der Waals surface area (Å²) in [5, 5.41) is 6.86. The summed E-state index contributed by atoms with van der Waals surface area (Å²) in [5.41, 5.74) is 7.02. The molecule has 0 amide bonds. The Morgan fingerprint density at radius 2 is 2.15 bits per heavy atom. The molecule has 0 radical (unpaired) electrons. The Balaban J connectivity index is 1.92. The SMILES string of the molecule is NCC1CCC(c2cn[nH]c2)CC1. The lowest BCUT2D eigenvalue weighted by Gasteiger charge is -2.26. The number of nitrogens with two attached hydrogens (primary N) is 1. The minimum atomic E-state index is 0.724. The van der Waals surface area contributed by atoms with Crippen molar-refractivity contribution in [1.29, 1.82) is 0 Å². The molecule has 3 nitrogen and oxygen atoms in total. The molecular formula is C10H17N3. The summed E-state index contributed by atoms with van der Waals surface area (Å²) in [7, 11) is 0. The second-order valence-electron chi connectivity index (χ2n) is 3.98. The van der Waals surface area contributed by atoms with Gasteiger partial charge in [-0.3, -0.25) is 5.10 Å². The highest BCUT2D eigenvalue weighted by Gasteiger charge is 2.21. The van der Waals surface area contributed by atoms with Crippen LogP contribution < -0.4 is 5.73 Å². The number of rotatable bonds is 2. The molecule has 2 rings (SSSR count). The van der Waals surface area contributed by atoms with E-state index in [-0.39, 0.29) is 0 Å². The van der Waals surface area contributed by atoms with E-state index in [4.69, 9.17) is 5.73 Å². The predicted molar refractivity (Wildman–Crippen MR) is 52.3 cm³/mol. The monoisotopic (exact) mass is 179 g/mol. The number of hydrogen-bond acceptors (Lipinski definition) is 2. The van der Waals surface area contributed by atoms with Crippen LogP contribution in [0.2, 0.25) is 0 Å². The highest BCUT2D eigenvalue weighted by molar-refractivity contribution is 5.11. The fourth-order valence-corrected chi connectivity index (χ4v) is 2.22. The molecule has 72 valence electrons. The summed E-state index contributed by atoms with van der Waals surface area (Å²) < 4.78 is 0. The van der Waals surface area contributed by atoms with Gasteiger partial charge in [-0.2, -0.15) is 5.10 Å². The summed E-state index contributed by atoms with van der Waals surface area (Å²) in [6.45, 7) is 0.859. The maximum absolute atomic E-state index is 5.65. The van der Waals surface area contributed by atoms with E-state index in [1.165, 1.54) is 31.2 Å². The molecule has 3 heteroatoms. The molecule has 0 aromatic carbocycles.